The van der Waals surface area contributed by atoms with E-state index in [0.29, 0.717) is 11.4 Å². The van der Waals surface area contributed by atoms with E-state index >= 15 is 0 Å². The van der Waals surface area contributed by atoms with Gasteiger partial charge in [0.15, 0.2) is 0 Å². The molecule has 1 aliphatic rings. The molecule has 2 N–H and O–H groups in total. The van der Waals surface area contributed by atoms with Crippen molar-refractivity contribution in [1.29, 1.82) is 0 Å². The van der Waals surface area contributed by atoms with Crippen molar-refractivity contribution in [2.75, 3.05) is 13.7 Å². The average Bonchev–Trinajstić information content (AvgIpc) is 2.36. The van der Waals surface area contributed by atoms with Gasteiger partial charge >= 0.3 is 0 Å². The van der Waals surface area contributed by atoms with E-state index in [9.17, 15) is 4.79 Å². The van der Waals surface area contributed by atoms with E-state index in [1.807, 2.05) is 13.8 Å². The third-order valence-electron chi connectivity index (χ3n) is 3.67. The third kappa shape index (κ3) is 2.96. The lowest BCUT2D eigenvalue weighted by Gasteiger charge is -2.40. The van der Waals surface area contributed by atoms with Gasteiger partial charge in [-0.1, -0.05) is 19.1 Å². The Bertz CT molecular complexity index is 303. The molecular formula is C12H22N2O2S. The highest BCUT2D eigenvalue weighted by Gasteiger charge is 2.39. The van der Waals surface area contributed by atoms with Crippen molar-refractivity contribution in [3.8, 4) is 0 Å². The molecule has 0 aromatic rings. The highest BCUT2D eigenvalue weighted by Crippen LogP contribution is 2.24. The van der Waals surface area contributed by atoms with Gasteiger partial charge < -0.3 is 15.4 Å². The van der Waals surface area contributed by atoms with Crippen molar-refractivity contribution in [3.63, 3.8) is 0 Å². The smallest absolute Gasteiger partial charge is 0.255 e. The summed E-state index contributed by atoms with van der Waals surface area (Å²) < 4.78 is 5.35. The Kier molecular flexibility index (Phi) is 4.89. The van der Waals surface area contributed by atoms with Crippen LogP contribution in [0.5, 0.6) is 0 Å². The fourth-order valence-electron chi connectivity index (χ4n) is 2.16. The van der Waals surface area contributed by atoms with Gasteiger partial charge in [-0.05, 0) is 32.6 Å². The molecule has 1 amide bonds. The second kappa shape index (κ2) is 5.78. The molecule has 0 aromatic carbocycles. The van der Waals surface area contributed by atoms with Crippen LogP contribution in [0.1, 0.15) is 39.5 Å². The Morgan fingerprint density at radius 1 is 1.59 bits per heavy atom. The third-order valence-corrected chi connectivity index (χ3v) is 3.94. The normalized spacial score (nSPS) is 24.2. The number of piperidine rings is 1. The van der Waals surface area contributed by atoms with Crippen LogP contribution in [0.15, 0.2) is 0 Å². The number of carbonyl (C=O) groups is 1. The van der Waals surface area contributed by atoms with Crippen LogP contribution in [0.25, 0.3) is 0 Å². The van der Waals surface area contributed by atoms with Crippen molar-refractivity contribution in [2.45, 2.75) is 51.2 Å². The molecule has 2 unspecified atom stereocenters. The molecule has 1 aliphatic heterocycles. The molecule has 0 spiro atoms. The highest BCUT2D eigenvalue weighted by atomic mass is 32.1. The first kappa shape index (κ1) is 14.4. The summed E-state index contributed by atoms with van der Waals surface area (Å²) in [4.78, 5) is 14.7. The molecule has 1 saturated heterocycles. The van der Waals surface area contributed by atoms with Crippen LogP contribution in [0.2, 0.25) is 0 Å². The summed E-state index contributed by atoms with van der Waals surface area (Å²) in [6.07, 6.45) is 3.59. The number of nitrogens with zero attached hydrogens (tertiary/aromatic N) is 1. The van der Waals surface area contributed by atoms with E-state index in [2.05, 4.69) is 0 Å². The zero-order valence-corrected chi connectivity index (χ0v) is 11.7. The zero-order chi connectivity index (χ0) is 13.1. The Morgan fingerprint density at radius 3 is 2.71 bits per heavy atom. The summed E-state index contributed by atoms with van der Waals surface area (Å²) in [6.45, 7) is 4.49. The maximum atomic E-state index is 12.5. The summed E-state index contributed by atoms with van der Waals surface area (Å²) in [6, 6.07) is -0.104. The van der Waals surface area contributed by atoms with Crippen LogP contribution < -0.4 is 5.73 Å². The molecule has 1 heterocycles. The number of methoxy groups -OCH3 is 1. The molecule has 17 heavy (non-hydrogen) atoms. The van der Waals surface area contributed by atoms with Crippen molar-refractivity contribution in [3.05, 3.63) is 0 Å². The number of nitrogens with two attached hydrogens (primary N) is 1. The molecule has 1 rings (SSSR count). The number of hydrogen-bond acceptors (Lipinski definition) is 3. The van der Waals surface area contributed by atoms with Gasteiger partial charge in [-0.15, -0.1) is 0 Å². The molecule has 4 nitrogen and oxygen atoms in total. The monoisotopic (exact) mass is 258 g/mol. The topological polar surface area (TPSA) is 55.6 Å². The molecule has 0 radical (unpaired) electrons. The molecule has 0 saturated carbocycles. The summed E-state index contributed by atoms with van der Waals surface area (Å²) in [5.41, 5.74) is 4.95. The van der Waals surface area contributed by atoms with Gasteiger partial charge in [0.2, 0.25) is 0 Å². The van der Waals surface area contributed by atoms with Crippen LogP contribution in [-0.4, -0.2) is 41.1 Å². The molecular weight excluding hydrogens is 236 g/mol. The van der Waals surface area contributed by atoms with Crippen molar-refractivity contribution < 1.29 is 9.53 Å². The minimum atomic E-state index is -0.764. The van der Waals surface area contributed by atoms with E-state index < -0.39 is 5.60 Å². The second-order valence-corrected chi connectivity index (χ2v) is 5.17. The Morgan fingerprint density at radius 2 is 2.24 bits per heavy atom. The number of likely N-dealkylation sites (tertiary alicyclic amines) is 1. The number of ether oxygens (including phenoxy) is 1. The minimum Gasteiger partial charge on any atom is -0.392 e. The lowest BCUT2D eigenvalue weighted by Crippen LogP contribution is -2.56. The molecule has 98 valence electrons. The number of rotatable bonds is 4. The number of amides is 1. The largest absolute Gasteiger partial charge is 0.392 e. The van der Waals surface area contributed by atoms with Crippen LogP contribution in [0.4, 0.5) is 0 Å². The number of thiocarbonyl (C=S) groups is 1. The molecule has 0 aliphatic carbocycles. The standard InChI is InChI=1S/C12H22N2O2S/c1-4-12(2,16-3)11(15)14-8-6-5-7-9(14)10(13)17/h9H,4-8H2,1-3H3,(H2,13,17). The quantitative estimate of drug-likeness (QED) is 0.776. The van der Waals surface area contributed by atoms with E-state index in [-0.39, 0.29) is 11.9 Å². The molecule has 1 fully saturated rings. The average molecular weight is 258 g/mol. The highest BCUT2D eigenvalue weighted by molar-refractivity contribution is 7.80. The molecule has 0 bridgehead atoms. The summed E-state index contributed by atoms with van der Waals surface area (Å²) in [5, 5.41) is 0. The lowest BCUT2D eigenvalue weighted by molar-refractivity contribution is -0.155. The first-order valence-corrected chi connectivity index (χ1v) is 6.52. The Labute approximate surface area is 108 Å². The second-order valence-electron chi connectivity index (χ2n) is 4.70. The van der Waals surface area contributed by atoms with E-state index in [1.54, 1.807) is 12.0 Å². The van der Waals surface area contributed by atoms with Gasteiger partial charge in [-0.3, -0.25) is 4.79 Å². The SMILES string of the molecule is CCC(C)(OC)C(=O)N1CCCCC1C(N)=S. The van der Waals surface area contributed by atoms with E-state index in [1.165, 1.54) is 0 Å². The van der Waals surface area contributed by atoms with Crippen LogP contribution in [-0.2, 0) is 9.53 Å². The lowest BCUT2D eigenvalue weighted by atomic mass is 9.95. The van der Waals surface area contributed by atoms with Crippen molar-refractivity contribution in [2.24, 2.45) is 5.73 Å². The summed E-state index contributed by atoms with van der Waals surface area (Å²) in [5.74, 6) is 0.000000000000000444. The predicted octanol–water partition coefficient (Wildman–Crippen LogP) is 1.47. The van der Waals surface area contributed by atoms with Gasteiger partial charge in [-0.2, -0.15) is 0 Å². The van der Waals surface area contributed by atoms with Crippen LogP contribution in [0.3, 0.4) is 0 Å². The number of hydrogen-bond donors (Lipinski definition) is 1. The van der Waals surface area contributed by atoms with Gasteiger partial charge in [0.1, 0.15) is 5.60 Å². The number of carbonyl (C=O) groups excluding carboxylic acids is 1. The summed E-state index contributed by atoms with van der Waals surface area (Å²) >= 11 is 5.05. The van der Waals surface area contributed by atoms with Crippen LogP contribution >= 0.6 is 12.2 Å². The van der Waals surface area contributed by atoms with Gasteiger partial charge in [0.25, 0.3) is 5.91 Å². The Hall–Kier alpha value is -0.680. The van der Waals surface area contributed by atoms with Crippen molar-refractivity contribution >= 4 is 23.1 Å². The maximum absolute atomic E-state index is 12.5. The summed E-state index contributed by atoms with van der Waals surface area (Å²) in [7, 11) is 1.57. The van der Waals surface area contributed by atoms with Crippen LogP contribution in [0, 0.1) is 0 Å². The molecule has 2 atom stereocenters. The zero-order valence-electron chi connectivity index (χ0n) is 10.9. The first-order valence-electron chi connectivity index (χ1n) is 6.11. The van der Waals surface area contributed by atoms with Gasteiger partial charge in [-0.25, -0.2) is 0 Å². The molecule has 0 aromatic heterocycles. The van der Waals surface area contributed by atoms with Gasteiger partial charge in [0, 0.05) is 13.7 Å². The van der Waals surface area contributed by atoms with Gasteiger partial charge in [0.05, 0.1) is 11.0 Å². The molecule has 5 heteroatoms. The minimum absolute atomic E-state index is 0.000000000000000444. The predicted molar refractivity (Wildman–Crippen MR) is 71.8 cm³/mol. The van der Waals surface area contributed by atoms with E-state index in [0.717, 1.165) is 25.8 Å². The fourth-order valence-corrected chi connectivity index (χ4v) is 2.40. The van der Waals surface area contributed by atoms with Crippen molar-refractivity contribution in [1.82, 2.24) is 4.90 Å². The first-order chi connectivity index (χ1) is 7.96. The van der Waals surface area contributed by atoms with E-state index in [4.69, 9.17) is 22.7 Å². The maximum Gasteiger partial charge on any atom is 0.255 e. The Balaban J connectivity index is 2.88. The fraction of sp³-hybridized carbons (Fsp3) is 0.833.